The molecule has 0 saturated heterocycles. The molecule has 0 saturated carbocycles. The summed E-state index contributed by atoms with van der Waals surface area (Å²) in [6, 6.07) is 0.144. The Labute approximate surface area is 99.0 Å². The van der Waals surface area contributed by atoms with Crippen molar-refractivity contribution in [3.63, 3.8) is 0 Å². The second kappa shape index (κ2) is 5.53. The van der Waals surface area contributed by atoms with Crippen LogP contribution in [0.5, 0.6) is 0 Å². The van der Waals surface area contributed by atoms with Gasteiger partial charge in [0.15, 0.2) is 0 Å². The minimum atomic E-state index is -4.35. The summed E-state index contributed by atoms with van der Waals surface area (Å²) in [5.41, 5.74) is -0.424. The molecule has 0 unspecified atom stereocenters. The van der Waals surface area contributed by atoms with Crippen molar-refractivity contribution >= 4 is 0 Å². The second-order valence-corrected chi connectivity index (χ2v) is 4.27. The fourth-order valence-electron chi connectivity index (χ4n) is 1.58. The maximum atomic E-state index is 12.9. The van der Waals surface area contributed by atoms with Crippen LogP contribution in [0.1, 0.15) is 38.4 Å². The van der Waals surface area contributed by atoms with Crippen LogP contribution in [0.15, 0.2) is 6.20 Å². The van der Waals surface area contributed by atoms with Gasteiger partial charge in [-0.3, -0.25) is 4.68 Å². The number of halogens is 3. The van der Waals surface area contributed by atoms with E-state index < -0.39 is 11.9 Å². The zero-order valence-corrected chi connectivity index (χ0v) is 10.3. The molecule has 1 rings (SSSR count). The molecule has 1 aromatic heterocycles. The highest BCUT2D eigenvalue weighted by molar-refractivity contribution is 5.20. The lowest BCUT2D eigenvalue weighted by Crippen LogP contribution is -2.24. The Morgan fingerprint density at radius 1 is 1.41 bits per heavy atom. The largest absolute Gasteiger partial charge is 0.433 e. The molecule has 0 aliphatic carbocycles. The van der Waals surface area contributed by atoms with E-state index in [0.717, 1.165) is 4.68 Å². The molecule has 0 amide bonds. The molecule has 0 fully saturated rings. The predicted octanol–water partition coefficient (Wildman–Crippen LogP) is 2.81. The second-order valence-electron chi connectivity index (χ2n) is 4.27. The van der Waals surface area contributed by atoms with Crippen LogP contribution < -0.4 is 5.32 Å². The van der Waals surface area contributed by atoms with Crippen molar-refractivity contribution in [2.24, 2.45) is 0 Å². The van der Waals surface area contributed by atoms with Crippen molar-refractivity contribution < 1.29 is 13.2 Å². The third-order valence-electron chi connectivity index (χ3n) is 2.32. The molecule has 0 bridgehead atoms. The molecule has 1 N–H and O–H groups in total. The van der Waals surface area contributed by atoms with Gasteiger partial charge in [-0.05, 0) is 6.42 Å². The quantitative estimate of drug-likeness (QED) is 0.869. The minimum absolute atomic E-state index is 0.144. The Balaban J connectivity index is 2.97. The molecule has 1 aromatic rings. The van der Waals surface area contributed by atoms with Gasteiger partial charge in [0.2, 0.25) is 0 Å². The summed E-state index contributed by atoms with van der Waals surface area (Å²) >= 11 is 0. The molecule has 0 spiro atoms. The monoisotopic (exact) mass is 249 g/mol. The van der Waals surface area contributed by atoms with Gasteiger partial charge >= 0.3 is 6.18 Å². The van der Waals surface area contributed by atoms with Crippen LogP contribution in [0, 0.1) is 0 Å². The van der Waals surface area contributed by atoms with E-state index in [2.05, 4.69) is 10.4 Å². The van der Waals surface area contributed by atoms with Crippen molar-refractivity contribution in [3.8, 4) is 0 Å². The zero-order chi connectivity index (χ0) is 13.1. The molecule has 98 valence electrons. The first kappa shape index (κ1) is 14.0. The molecule has 0 atom stereocenters. The van der Waals surface area contributed by atoms with Gasteiger partial charge < -0.3 is 5.32 Å². The molecule has 6 heteroatoms. The highest BCUT2D eigenvalue weighted by Gasteiger charge is 2.37. The van der Waals surface area contributed by atoms with Gasteiger partial charge in [-0.15, -0.1) is 0 Å². The van der Waals surface area contributed by atoms with E-state index in [1.807, 2.05) is 20.8 Å². The first-order valence-corrected chi connectivity index (χ1v) is 5.71. The van der Waals surface area contributed by atoms with Crippen LogP contribution in [0.2, 0.25) is 0 Å². The average Bonchev–Trinajstić information content (AvgIpc) is 2.58. The van der Waals surface area contributed by atoms with E-state index in [1.54, 1.807) is 0 Å². The average molecular weight is 249 g/mol. The van der Waals surface area contributed by atoms with Crippen LogP contribution in [-0.4, -0.2) is 15.8 Å². The van der Waals surface area contributed by atoms with Gasteiger partial charge in [0.25, 0.3) is 0 Å². The number of nitrogens with one attached hydrogen (secondary N) is 1. The van der Waals surface area contributed by atoms with Gasteiger partial charge in [0.05, 0.1) is 6.20 Å². The van der Waals surface area contributed by atoms with E-state index in [0.29, 0.717) is 6.42 Å². The van der Waals surface area contributed by atoms with E-state index in [4.69, 9.17) is 0 Å². The molecular weight excluding hydrogens is 231 g/mol. The summed E-state index contributed by atoms with van der Waals surface area (Å²) in [6.45, 7) is 6.09. The molecule has 17 heavy (non-hydrogen) atoms. The van der Waals surface area contributed by atoms with Crippen LogP contribution >= 0.6 is 0 Å². The molecule has 0 aliphatic rings. The summed E-state index contributed by atoms with van der Waals surface area (Å²) in [5.74, 6) is 0. The Bertz CT molecular complexity index is 355. The zero-order valence-electron chi connectivity index (χ0n) is 10.3. The highest BCUT2D eigenvalue weighted by Crippen LogP contribution is 2.32. The van der Waals surface area contributed by atoms with Crippen LogP contribution in [0.4, 0.5) is 13.2 Å². The lowest BCUT2D eigenvalue weighted by atomic mass is 10.2. The summed E-state index contributed by atoms with van der Waals surface area (Å²) < 4.78 is 39.7. The molecule has 3 nitrogen and oxygen atoms in total. The molecule has 1 heterocycles. The first-order chi connectivity index (χ1) is 7.86. The lowest BCUT2D eigenvalue weighted by Gasteiger charge is -2.13. The Hall–Kier alpha value is -1.04. The van der Waals surface area contributed by atoms with Crippen LogP contribution in [0.25, 0.3) is 0 Å². The summed E-state index contributed by atoms with van der Waals surface area (Å²) in [5, 5.41) is 6.78. The van der Waals surface area contributed by atoms with E-state index >= 15 is 0 Å². The van der Waals surface area contributed by atoms with Crippen molar-refractivity contribution in [3.05, 3.63) is 17.5 Å². The lowest BCUT2D eigenvalue weighted by molar-refractivity contribution is -0.144. The van der Waals surface area contributed by atoms with Gasteiger partial charge in [-0.1, -0.05) is 20.8 Å². The number of aromatic nitrogens is 2. The molecular formula is C11H18F3N3. The van der Waals surface area contributed by atoms with E-state index in [1.165, 1.54) is 6.20 Å². The Morgan fingerprint density at radius 2 is 2.06 bits per heavy atom. The number of rotatable bonds is 5. The van der Waals surface area contributed by atoms with Gasteiger partial charge in [-0.25, -0.2) is 0 Å². The number of hydrogen-bond donors (Lipinski definition) is 1. The first-order valence-electron chi connectivity index (χ1n) is 5.71. The molecule has 0 radical (unpaired) electrons. The van der Waals surface area contributed by atoms with Crippen molar-refractivity contribution in [2.75, 3.05) is 0 Å². The maximum absolute atomic E-state index is 12.9. The smallest absolute Gasteiger partial charge is 0.310 e. The van der Waals surface area contributed by atoms with Gasteiger partial charge in [0, 0.05) is 24.7 Å². The molecule has 0 aromatic carbocycles. The Kier molecular flexibility index (Phi) is 4.56. The van der Waals surface area contributed by atoms with Gasteiger partial charge in [-0.2, -0.15) is 18.3 Å². The summed E-state index contributed by atoms with van der Waals surface area (Å²) in [4.78, 5) is 0. The standard InChI is InChI=1S/C11H18F3N3/c1-4-5-17-10(11(12,13)14)9(7-16-17)6-15-8(2)3/h7-8,15H,4-6H2,1-3H3. The number of hydrogen-bond acceptors (Lipinski definition) is 2. The predicted molar refractivity (Wildman–Crippen MR) is 59.5 cm³/mol. The van der Waals surface area contributed by atoms with Crippen molar-refractivity contribution in [2.45, 2.75) is 52.5 Å². The number of nitrogens with zero attached hydrogens (tertiary/aromatic N) is 2. The minimum Gasteiger partial charge on any atom is -0.310 e. The Morgan fingerprint density at radius 3 is 2.53 bits per heavy atom. The van der Waals surface area contributed by atoms with E-state index in [-0.39, 0.29) is 24.7 Å². The summed E-state index contributed by atoms with van der Waals surface area (Å²) in [7, 11) is 0. The summed E-state index contributed by atoms with van der Waals surface area (Å²) in [6.07, 6.45) is -2.42. The van der Waals surface area contributed by atoms with Crippen LogP contribution in [0.3, 0.4) is 0 Å². The fraction of sp³-hybridized carbons (Fsp3) is 0.727. The third-order valence-corrected chi connectivity index (χ3v) is 2.32. The van der Waals surface area contributed by atoms with Crippen molar-refractivity contribution in [1.82, 2.24) is 15.1 Å². The van der Waals surface area contributed by atoms with Gasteiger partial charge in [0.1, 0.15) is 5.69 Å². The van der Waals surface area contributed by atoms with E-state index in [9.17, 15) is 13.2 Å². The number of alkyl halides is 3. The number of aryl methyl sites for hydroxylation is 1. The van der Waals surface area contributed by atoms with Crippen molar-refractivity contribution in [1.29, 1.82) is 0 Å². The third kappa shape index (κ3) is 3.73. The SMILES string of the molecule is CCCn1ncc(CNC(C)C)c1C(F)(F)F. The fourth-order valence-corrected chi connectivity index (χ4v) is 1.58. The highest BCUT2D eigenvalue weighted by atomic mass is 19.4. The maximum Gasteiger partial charge on any atom is 0.433 e. The topological polar surface area (TPSA) is 29.9 Å². The molecule has 0 aliphatic heterocycles. The van der Waals surface area contributed by atoms with Crippen LogP contribution in [-0.2, 0) is 19.3 Å². The normalized spacial score (nSPS) is 12.4.